The Labute approximate surface area is 181 Å². The lowest BCUT2D eigenvalue weighted by Crippen LogP contribution is -2.37. The molecule has 1 fully saturated rings. The van der Waals surface area contributed by atoms with Crippen LogP contribution in [0.1, 0.15) is 44.1 Å². The summed E-state index contributed by atoms with van der Waals surface area (Å²) in [4.78, 5) is 5.39. The molecule has 8 nitrogen and oxygen atoms in total. The Bertz CT molecular complexity index is 762. The molecule has 0 saturated heterocycles. The molecule has 0 spiro atoms. The topological polar surface area (TPSA) is 102 Å². The van der Waals surface area contributed by atoms with Gasteiger partial charge in [0, 0.05) is 26.7 Å². The summed E-state index contributed by atoms with van der Waals surface area (Å²) in [5.41, 5.74) is 6.74. The third-order valence-electron chi connectivity index (χ3n) is 5.13. The number of hydrogen-bond donors (Lipinski definition) is 1. The van der Waals surface area contributed by atoms with Crippen molar-refractivity contribution in [2.24, 2.45) is 10.7 Å². The molecule has 10 heteroatoms. The zero-order valence-corrected chi connectivity index (χ0v) is 18.1. The number of rotatable bonds is 11. The minimum absolute atomic E-state index is 0.00115. The predicted molar refractivity (Wildman–Crippen MR) is 111 cm³/mol. The molecule has 1 atom stereocenters. The van der Waals surface area contributed by atoms with Gasteiger partial charge in [-0.3, -0.25) is 0 Å². The molecule has 1 saturated carbocycles. The summed E-state index contributed by atoms with van der Waals surface area (Å²) in [5.74, 6) is 0.153. The van der Waals surface area contributed by atoms with Crippen molar-refractivity contribution in [3.05, 3.63) is 23.8 Å². The average Bonchev–Trinajstić information content (AvgIpc) is 3.26. The number of ether oxygens (including phenoxy) is 4. The number of alkyl halides is 2. The quantitative estimate of drug-likeness (QED) is 0.185. The van der Waals surface area contributed by atoms with Crippen LogP contribution in [0.2, 0.25) is 0 Å². The maximum Gasteiger partial charge on any atom is 0.387 e. The van der Waals surface area contributed by atoms with Gasteiger partial charge in [0.1, 0.15) is 0 Å². The Hall–Kier alpha value is -2.64. The van der Waals surface area contributed by atoms with Crippen LogP contribution >= 0.6 is 0 Å². The van der Waals surface area contributed by atoms with Gasteiger partial charge in [-0.1, -0.05) is 13.0 Å². The molecule has 2 rings (SSSR count). The number of nitrogens with zero attached hydrogens (tertiary/aromatic N) is 3. The zero-order valence-electron chi connectivity index (χ0n) is 18.1. The molecule has 2 N–H and O–H groups in total. The van der Waals surface area contributed by atoms with Gasteiger partial charge in [-0.05, 0) is 43.4 Å². The Balaban J connectivity index is 2.14. The van der Waals surface area contributed by atoms with Crippen LogP contribution in [0.5, 0.6) is 11.5 Å². The Morgan fingerprint density at radius 2 is 1.94 bits per heavy atom. The van der Waals surface area contributed by atoms with E-state index in [4.69, 9.17) is 19.9 Å². The van der Waals surface area contributed by atoms with Crippen LogP contribution in [0.3, 0.4) is 0 Å². The summed E-state index contributed by atoms with van der Waals surface area (Å²) in [5, 5.41) is 9.48. The van der Waals surface area contributed by atoms with Crippen molar-refractivity contribution in [1.29, 1.82) is 5.26 Å². The normalized spacial score (nSPS) is 15.9. The molecule has 1 aromatic rings. The highest BCUT2D eigenvalue weighted by molar-refractivity contribution is 5.79. The first-order valence-corrected chi connectivity index (χ1v) is 10.2. The summed E-state index contributed by atoms with van der Waals surface area (Å²) in [6.07, 6.45) is 5.30. The minimum atomic E-state index is -2.94. The van der Waals surface area contributed by atoms with Gasteiger partial charge in [0.15, 0.2) is 24.0 Å². The van der Waals surface area contributed by atoms with E-state index in [1.165, 1.54) is 25.2 Å². The first-order chi connectivity index (χ1) is 14.9. The molecule has 31 heavy (non-hydrogen) atoms. The number of guanidine groups is 1. The van der Waals surface area contributed by atoms with Crippen molar-refractivity contribution < 1.29 is 27.7 Å². The fourth-order valence-corrected chi connectivity index (χ4v) is 3.37. The van der Waals surface area contributed by atoms with Gasteiger partial charge >= 0.3 is 6.61 Å². The van der Waals surface area contributed by atoms with Gasteiger partial charge in [0.25, 0.3) is 0 Å². The molecule has 0 amide bonds. The monoisotopic (exact) mass is 440 g/mol. The predicted octanol–water partition coefficient (Wildman–Crippen LogP) is 3.43. The Morgan fingerprint density at radius 3 is 2.52 bits per heavy atom. The SMILES string of the molecule is COC(CN=C(N)N(C#N)CC(C)c1ccc(OC(F)F)c(OC2CCCC2)c1)OC. The van der Waals surface area contributed by atoms with Crippen LogP contribution in [0.25, 0.3) is 0 Å². The van der Waals surface area contributed by atoms with E-state index in [0.717, 1.165) is 31.2 Å². The van der Waals surface area contributed by atoms with Crippen molar-refractivity contribution >= 4 is 5.96 Å². The van der Waals surface area contributed by atoms with Crippen LogP contribution in [-0.4, -0.2) is 57.2 Å². The lowest BCUT2D eigenvalue weighted by atomic mass is 10.00. The van der Waals surface area contributed by atoms with E-state index in [9.17, 15) is 14.0 Å². The second-order valence-electron chi connectivity index (χ2n) is 7.32. The van der Waals surface area contributed by atoms with E-state index >= 15 is 0 Å². The molecule has 0 aromatic heterocycles. The molecule has 0 heterocycles. The third-order valence-corrected chi connectivity index (χ3v) is 5.13. The fraction of sp³-hybridized carbons (Fsp3) is 0.619. The van der Waals surface area contributed by atoms with Gasteiger partial charge in [0.05, 0.1) is 12.6 Å². The first-order valence-electron chi connectivity index (χ1n) is 10.2. The second kappa shape index (κ2) is 12.3. The molecule has 1 aromatic carbocycles. The molecule has 0 radical (unpaired) electrons. The minimum Gasteiger partial charge on any atom is -0.487 e. The van der Waals surface area contributed by atoms with Crippen LogP contribution in [0, 0.1) is 11.5 Å². The number of hydrogen-bond acceptors (Lipinski definition) is 6. The highest BCUT2D eigenvalue weighted by atomic mass is 19.3. The summed E-state index contributed by atoms with van der Waals surface area (Å²) in [6.45, 7) is -0.659. The molecule has 1 aliphatic rings. The fourth-order valence-electron chi connectivity index (χ4n) is 3.37. The van der Waals surface area contributed by atoms with Gasteiger partial charge in [-0.15, -0.1) is 0 Å². The second-order valence-corrected chi connectivity index (χ2v) is 7.32. The molecular weight excluding hydrogens is 410 g/mol. The van der Waals surface area contributed by atoms with Gasteiger partial charge in [-0.25, -0.2) is 9.89 Å². The maximum atomic E-state index is 12.8. The smallest absolute Gasteiger partial charge is 0.387 e. The first kappa shape index (κ1) is 24.6. The number of nitrogens with two attached hydrogens (primary N) is 1. The van der Waals surface area contributed by atoms with E-state index in [1.54, 1.807) is 12.1 Å². The highest BCUT2D eigenvalue weighted by Crippen LogP contribution is 2.35. The number of aliphatic imine (C=N–C) groups is 1. The van der Waals surface area contributed by atoms with Gasteiger partial charge < -0.3 is 24.7 Å². The van der Waals surface area contributed by atoms with Crippen LogP contribution < -0.4 is 15.2 Å². The largest absolute Gasteiger partial charge is 0.487 e. The molecule has 1 aliphatic carbocycles. The lowest BCUT2D eigenvalue weighted by Gasteiger charge is -2.22. The summed E-state index contributed by atoms with van der Waals surface area (Å²) in [6, 6.07) is 4.84. The van der Waals surface area contributed by atoms with E-state index in [0.29, 0.717) is 0 Å². The van der Waals surface area contributed by atoms with Gasteiger partial charge in [-0.2, -0.15) is 14.0 Å². The van der Waals surface area contributed by atoms with Gasteiger partial charge in [0.2, 0.25) is 5.96 Å². The number of nitriles is 1. The van der Waals surface area contributed by atoms with E-state index in [-0.39, 0.29) is 42.6 Å². The average molecular weight is 440 g/mol. The molecule has 0 aliphatic heterocycles. The van der Waals surface area contributed by atoms with Crippen molar-refractivity contribution in [3.63, 3.8) is 0 Å². The summed E-state index contributed by atoms with van der Waals surface area (Å²) in [7, 11) is 2.97. The van der Waals surface area contributed by atoms with E-state index in [2.05, 4.69) is 9.73 Å². The Kier molecular flexibility index (Phi) is 9.75. The molecular formula is C21H30F2N4O4. The van der Waals surface area contributed by atoms with E-state index in [1.807, 2.05) is 13.1 Å². The third kappa shape index (κ3) is 7.52. The number of benzene rings is 1. The maximum absolute atomic E-state index is 12.8. The van der Waals surface area contributed by atoms with Crippen molar-refractivity contribution in [2.75, 3.05) is 27.3 Å². The van der Waals surface area contributed by atoms with Crippen molar-refractivity contribution in [2.45, 2.75) is 57.5 Å². The van der Waals surface area contributed by atoms with Crippen molar-refractivity contribution in [1.82, 2.24) is 4.90 Å². The number of methoxy groups -OCH3 is 2. The van der Waals surface area contributed by atoms with Crippen molar-refractivity contribution in [3.8, 4) is 17.7 Å². The zero-order chi connectivity index (χ0) is 22.8. The lowest BCUT2D eigenvalue weighted by molar-refractivity contribution is -0.0937. The molecule has 0 bridgehead atoms. The number of halogens is 2. The van der Waals surface area contributed by atoms with Crippen LogP contribution in [0.15, 0.2) is 23.2 Å². The summed E-state index contributed by atoms with van der Waals surface area (Å²) < 4.78 is 46.3. The van der Waals surface area contributed by atoms with E-state index < -0.39 is 12.9 Å². The van der Waals surface area contributed by atoms with Crippen LogP contribution in [0.4, 0.5) is 8.78 Å². The molecule has 1 unspecified atom stereocenters. The highest BCUT2D eigenvalue weighted by Gasteiger charge is 2.22. The Morgan fingerprint density at radius 1 is 1.26 bits per heavy atom. The standard InChI is InChI=1S/C21H30F2N4O4/c1-14(12-27(13-24)21(25)26-11-19(28-2)29-3)15-8-9-17(31-20(22)23)18(10-15)30-16-6-4-5-7-16/h8-10,14,16,19-20H,4-7,11-12H2,1-3H3,(H2,25,26). The molecule has 172 valence electrons. The summed E-state index contributed by atoms with van der Waals surface area (Å²) >= 11 is 0. The van der Waals surface area contributed by atoms with Crippen LogP contribution in [-0.2, 0) is 9.47 Å².